The first-order chi connectivity index (χ1) is 11.3. The fourth-order valence-corrected chi connectivity index (χ4v) is 5.97. The van der Waals surface area contributed by atoms with Crippen LogP contribution in [0.15, 0.2) is 42.5 Å². The third-order valence-electron chi connectivity index (χ3n) is 6.87. The molecule has 0 spiro atoms. The van der Waals surface area contributed by atoms with Crippen molar-refractivity contribution in [1.82, 2.24) is 0 Å². The number of nitrogens with one attached hydrogen (secondary N) is 1. The van der Waals surface area contributed by atoms with Gasteiger partial charge in [-0.3, -0.25) is 0 Å². The van der Waals surface area contributed by atoms with Crippen LogP contribution in [0.4, 0.5) is 0 Å². The van der Waals surface area contributed by atoms with E-state index in [-0.39, 0.29) is 10.8 Å². The number of benzene rings is 2. The van der Waals surface area contributed by atoms with Gasteiger partial charge in [0.05, 0.1) is 0 Å². The maximum absolute atomic E-state index is 13.2. The molecule has 5 rings (SSSR count). The van der Waals surface area contributed by atoms with Crippen LogP contribution in [0.1, 0.15) is 38.5 Å². The van der Waals surface area contributed by atoms with E-state index >= 15 is 0 Å². The van der Waals surface area contributed by atoms with Crippen molar-refractivity contribution in [3.05, 3.63) is 47.7 Å². The van der Waals surface area contributed by atoms with Crippen LogP contribution >= 0.6 is 0 Å². The molecule has 23 heavy (non-hydrogen) atoms. The summed E-state index contributed by atoms with van der Waals surface area (Å²) in [5.74, 6) is 2.67. The number of quaternary nitrogens is 1. The first kappa shape index (κ1) is 13.8. The quantitative estimate of drug-likeness (QED) is 0.881. The van der Waals surface area contributed by atoms with Crippen molar-refractivity contribution in [2.45, 2.75) is 44.1 Å². The molecule has 0 radical (unpaired) electrons. The smallest absolute Gasteiger partial charge is 0.198 e. The molecular formula is C20H23NO2. The lowest BCUT2D eigenvalue weighted by atomic mass is 9.75. The number of fused-ring (bicyclic) bond motifs is 6. The highest BCUT2D eigenvalue weighted by atomic mass is 16.9. The highest BCUT2D eigenvalue weighted by molar-refractivity contribution is 5.88. The Bertz CT molecular complexity index is 740. The molecule has 0 saturated heterocycles. The Labute approximate surface area is 136 Å². The predicted octanol–water partition coefficient (Wildman–Crippen LogP) is 3.49. The van der Waals surface area contributed by atoms with Crippen LogP contribution in [0.5, 0.6) is 5.75 Å². The van der Waals surface area contributed by atoms with Crippen LogP contribution in [-0.4, -0.2) is 5.54 Å². The maximum Gasteiger partial charge on any atom is 0.198 e. The van der Waals surface area contributed by atoms with Crippen molar-refractivity contribution in [3.8, 4) is 5.75 Å². The van der Waals surface area contributed by atoms with E-state index in [9.17, 15) is 5.21 Å². The molecule has 2 aromatic rings. The Morgan fingerprint density at radius 2 is 1.91 bits per heavy atom. The largest absolute Gasteiger partial charge is 0.590 e. The molecule has 0 aromatic heterocycles. The van der Waals surface area contributed by atoms with Crippen LogP contribution in [0.2, 0.25) is 0 Å². The molecule has 1 N–H and O–H groups in total. The van der Waals surface area contributed by atoms with Crippen LogP contribution in [-0.2, 0) is 0 Å². The summed E-state index contributed by atoms with van der Waals surface area (Å²) in [5.41, 5.74) is -0.167. The molecule has 3 saturated carbocycles. The molecule has 3 nitrogen and oxygen atoms in total. The van der Waals surface area contributed by atoms with Crippen molar-refractivity contribution in [2.24, 2.45) is 17.8 Å². The Balaban J connectivity index is 1.50. The highest BCUT2D eigenvalue weighted by Gasteiger charge is 2.65. The normalized spacial score (nSPS) is 36.3. The van der Waals surface area contributed by atoms with E-state index in [0.717, 1.165) is 28.9 Å². The van der Waals surface area contributed by atoms with Gasteiger partial charge in [0.15, 0.2) is 5.75 Å². The summed E-state index contributed by atoms with van der Waals surface area (Å²) in [6.07, 6.45) is 7.29. The minimum absolute atomic E-state index is 0.0588. The monoisotopic (exact) mass is 309 g/mol. The second-order valence-electron chi connectivity index (χ2n) is 7.68. The second kappa shape index (κ2) is 4.96. The lowest BCUT2D eigenvalue weighted by Crippen LogP contribution is -3.19. The van der Waals surface area contributed by atoms with E-state index in [1.54, 1.807) is 0 Å². The summed E-state index contributed by atoms with van der Waals surface area (Å²) in [6, 6.07) is 14.1. The van der Waals surface area contributed by atoms with Crippen molar-refractivity contribution in [1.29, 1.82) is 0 Å². The number of rotatable bonds is 3. The SMILES string of the molecule is [O-][NH+](Oc1cccc2ccccc12)C12CCCC1C1CCC2C1. The first-order valence-electron chi connectivity index (χ1n) is 8.99. The van der Waals surface area contributed by atoms with E-state index in [1.165, 1.54) is 32.1 Å². The molecule has 3 aliphatic carbocycles. The topological polar surface area (TPSA) is 36.7 Å². The summed E-state index contributed by atoms with van der Waals surface area (Å²) in [5, 5.41) is 15.5. The maximum atomic E-state index is 13.2. The molecule has 5 atom stereocenters. The van der Waals surface area contributed by atoms with Gasteiger partial charge in [-0.15, -0.1) is 0 Å². The van der Waals surface area contributed by atoms with Gasteiger partial charge >= 0.3 is 0 Å². The van der Waals surface area contributed by atoms with Crippen molar-refractivity contribution in [2.75, 3.05) is 0 Å². The lowest BCUT2D eigenvalue weighted by molar-refractivity contribution is -1.07. The van der Waals surface area contributed by atoms with Crippen LogP contribution in [0.25, 0.3) is 10.8 Å². The summed E-state index contributed by atoms with van der Waals surface area (Å²) < 4.78 is 0. The minimum atomic E-state index is -0.167. The molecule has 2 bridgehead atoms. The van der Waals surface area contributed by atoms with Crippen molar-refractivity contribution in [3.63, 3.8) is 0 Å². The highest BCUT2D eigenvalue weighted by Crippen LogP contribution is 2.59. The second-order valence-corrected chi connectivity index (χ2v) is 7.68. The average molecular weight is 309 g/mol. The molecular weight excluding hydrogens is 286 g/mol. The molecule has 2 aromatic carbocycles. The Morgan fingerprint density at radius 3 is 2.87 bits per heavy atom. The zero-order valence-electron chi connectivity index (χ0n) is 13.3. The zero-order valence-corrected chi connectivity index (χ0v) is 13.3. The van der Waals surface area contributed by atoms with Crippen LogP contribution < -0.4 is 10.1 Å². The summed E-state index contributed by atoms with van der Waals surface area (Å²) in [7, 11) is 0. The number of hydrogen-bond donors (Lipinski definition) is 1. The molecule has 5 unspecified atom stereocenters. The molecule has 0 heterocycles. The van der Waals surface area contributed by atoms with Gasteiger partial charge in [0, 0.05) is 23.6 Å². The standard InChI is InChI=1S/C20H23NO2/c22-21(20-12-4-8-18(20)15-10-11-16(20)13-15)23-19-9-3-6-14-5-1-2-7-17(14)19/h1-3,5-7,9,15-16,18,21H,4,8,10-13H2. The third-order valence-corrected chi connectivity index (χ3v) is 6.87. The van der Waals surface area contributed by atoms with E-state index in [0.29, 0.717) is 11.8 Å². The van der Waals surface area contributed by atoms with E-state index in [4.69, 9.17) is 4.84 Å². The number of hydroxylamine groups is 2. The van der Waals surface area contributed by atoms with E-state index in [1.807, 2.05) is 30.3 Å². The molecule has 3 heteroatoms. The van der Waals surface area contributed by atoms with E-state index < -0.39 is 0 Å². The van der Waals surface area contributed by atoms with Crippen LogP contribution in [0, 0.1) is 23.0 Å². The Kier molecular flexibility index (Phi) is 2.98. The third kappa shape index (κ3) is 1.84. The van der Waals surface area contributed by atoms with E-state index in [2.05, 4.69) is 12.1 Å². The lowest BCUT2D eigenvalue weighted by Gasteiger charge is -2.44. The zero-order chi connectivity index (χ0) is 15.4. The minimum Gasteiger partial charge on any atom is -0.590 e. The number of hydrogen-bond acceptors (Lipinski definition) is 2. The van der Waals surface area contributed by atoms with Gasteiger partial charge in [-0.1, -0.05) is 36.4 Å². The Hall–Kier alpha value is -1.58. The Morgan fingerprint density at radius 1 is 1.04 bits per heavy atom. The molecule has 0 aliphatic heterocycles. The summed E-state index contributed by atoms with van der Waals surface area (Å²) in [6.45, 7) is 0. The van der Waals surface area contributed by atoms with Gasteiger partial charge in [-0.2, -0.15) is 5.23 Å². The molecule has 0 amide bonds. The van der Waals surface area contributed by atoms with Crippen LogP contribution in [0.3, 0.4) is 0 Å². The fraction of sp³-hybridized carbons (Fsp3) is 0.500. The van der Waals surface area contributed by atoms with Crippen molar-refractivity contribution >= 4 is 10.8 Å². The molecule has 120 valence electrons. The first-order valence-corrected chi connectivity index (χ1v) is 8.99. The van der Waals surface area contributed by atoms with Gasteiger partial charge in [0.25, 0.3) is 0 Å². The van der Waals surface area contributed by atoms with Gasteiger partial charge in [-0.25, -0.2) is 0 Å². The van der Waals surface area contributed by atoms with Crippen molar-refractivity contribution < 1.29 is 10.1 Å². The fourth-order valence-electron chi connectivity index (χ4n) is 5.97. The van der Waals surface area contributed by atoms with Gasteiger partial charge in [0.1, 0.15) is 5.54 Å². The average Bonchev–Trinajstić information content (AvgIpc) is 3.28. The van der Waals surface area contributed by atoms with Gasteiger partial charge < -0.3 is 10.0 Å². The molecule has 3 fully saturated rings. The molecule has 3 aliphatic rings. The van der Waals surface area contributed by atoms with Gasteiger partial charge in [0.2, 0.25) is 0 Å². The predicted molar refractivity (Wildman–Crippen MR) is 89.8 cm³/mol. The summed E-state index contributed by atoms with van der Waals surface area (Å²) >= 11 is 0. The van der Waals surface area contributed by atoms with Gasteiger partial charge in [-0.05, 0) is 49.5 Å². The summed E-state index contributed by atoms with van der Waals surface area (Å²) in [4.78, 5) is 6.03.